The van der Waals surface area contributed by atoms with E-state index in [-0.39, 0.29) is 0 Å². The number of fused-ring (bicyclic) bond motifs is 1. The van der Waals surface area contributed by atoms with Crippen molar-refractivity contribution in [2.75, 3.05) is 17.3 Å². The third-order valence-electron chi connectivity index (χ3n) is 2.77. The topological polar surface area (TPSA) is 93.4 Å². The van der Waals surface area contributed by atoms with Gasteiger partial charge in [0.1, 0.15) is 5.76 Å². The molecule has 0 spiro atoms. The molecule has 0 aromatic carbocycles. The van der Waals surface area contributed by atoms with E-state index in [9.17, 15) is 0 Å². The number of nitrogen functional groups attached to an aromatic ring is 1. The van der Waals surface area contributed by atoms with Gasteiger partial charge in [0.05, 0.1) is 12.5 Å². The van der Waals surface area contributed by atoms with Crippen molar-refractivity contribution in [1.82, 2.24) is 14.4 Å². The summed E-state index contributed by atoms with van der Waals surface area (Å²) in [5, 5.41) is 3.24. The number of nitrogens with one attached hydrogen (secondary N) is 2. The number of anilines is 2. The van der Waals surface area contributed by atoms with Crippen LogP contribution in [0, 0.1) is 0 Å². The van der Waals surface area contributed by atoms with Crippen LogP contribution in [0.1, 0.15) is 5.76 Å². The van der Waals surface area contributed by atoms with Crippen LogP contribution in [0.5, 0.6) is 0 Å². The second-order valence-electron chi connectivity index (χ2n) is 4.03. The van der Waals surface area contributed by atoms with E-state index in [1.165, 1.54) is 0 Å². The predicted molar refractivity (Wildman–Crippen MR) is 71.7 cm³/mol. The quantitative estimate of drug-likeness (QED) is 0.471. The van der Waals surface area contributed by atoms with E-state index in [2.05, 4.69) is 20.7 Å². The zero-order valence-corrected chi connectivity index (χ0v) is 10.2. The van der Waals surface area contributed by atoms with E-state index >= 15 is 0 Å². The van der Waals surface area contributed by atoms with Gasteiger partial charge in [0.2, 0.25) is 0 Å². The lowest BCUT2D eigenvalue weighted by atomic mass is 10.3. The third-order valence-corrected chi connectivity index (χ3v) is 2.77. The van der Waals surface area contributed by atoms with Gasteiger partial charge in [-0.3, -0.25) is 0 Å². The van der Waals surface area contributed by atoms with Crippen molar-refractivity contribution in [2.24, 2.45) is 5.84 Å². The van der Waals surface area contributed by atoms with E-state index < -0.39 is 0 Å². The molecule has 3 aromatic rings. The third kappa shape index (κ3) is 2.36. The highest BCUT2D eigenvalue weighted by molar-refractivity contribution is 5.65. The molecule has 3 aromatic heterocycles. The van der Waals surface area contributed by atoms with Crippen molar-refractivity contribution in [3.63, 3.8) is 0 Å². The first kappa shape index (κ1) is 11.5. The number of hydrazine groups is 1. The molecule has 0 atom stereocenters. The molecule has 0 aliphatic carbocycles. The van der Waals surface area contributed by atoms with Gasteiger partial charge in [-0.15, -0.1) is 0 Å². The molecule has 7 heteroatoms. The molecule has 0 unspecified atom stereocenters. The number of nitrogens with two attached hydrogens (primary N) is 1. The summed E-state index contributed by atoms with van der Waals surface area (Å²) in [6.07, 6.45) is 7.78. The maximum atomic E-state index is 5.40. The van der Waals surface area contributed by atoms with Crippen LogP contribution in [-0.2, 0) is 6.42 Å². The Bertz CT molecular complexity index is 660. The molecule has 3 heterocycles. The number of imidazole rings is 1. The Balaban J connectivity index is 1.77. The molecular formula is C12H14N6O. The van der Waals surface area contributed by atoms with Gasteiger partial charge in [-0.25, -0.2) is 15.8 Å². The molecule has 0 amide bonds. The fourth-order valence-electron chi connectivity index (χ4n) is 1.88. The van der Waals surface area contributed by atoms with Crippen molar-refractivity contribution in [3.05, 3.63) is 42.7 Å². The van der Waals surface area contributed by atoms with E-state index in [1.54, 1.807) is 18.7 Å². The monoisotopic (exact) mass is 258 g/mol. The van der Waals surface area contributed by atoms with Crippen LogP contribution in [0.4, 0.5) is 11.6 Å². The SMILES string of the molecule is NNc1cn2ccnc2c(NCCc2ccco2)n1. The summed E-state index contributed by atoms with van der Waals surface area (Å²) in [4.78, 5) is 8.60. The number of nitrogens with zero attached hydrogens (tertiary/aromatic N) is 3. The van der Waals surface area contributed by atoms with Gasteiger partial charge >= 0.3 is 0 Å². The van der Waals surface area contributed by atoms with Crippen LogP contribution in [-0.4, -0.2) is 20.9 Å². The molecule has 98 valence electrons. The number of furan rings is 1. The first-order chi connectivity index (χ1) is 9.36. The van der Waals surface area contributed by atoms with Gasteiger partial charge in [0.15, 0.2) is 17.3 Å². The van der Waals surface area contributed by atoms with Crippen molar-refractivity contribution in [1.29, 1.82) is 0 Å². The summed E-state index contributed by atoms with van der Waals surface area (Å²) in [7, 11) is 0. The lowest BCUT2D eigenvalue weighted by Crippen LogP contribution is -2.13. The Morgan fingerprint density at radius 3 is 3.16 bits per heavy atom. The van der Waals surface area contributed by atoms with E-state index in [1.807, 2.05) is 22.7 Å². The van der Waals surface area contributed by atoms with Gasteiger partial charge in [0.25, 0.3) is 0 Å². The summed E-state index contributed by atoms with van der Waals surface area (Å²) in [6, 6.07) is 3.82. The largest absolute Gasteiger partial charge is 0.469 e. The number of rotatable bonds is 5. The molecule has 0 bridgehead atoms. The molecular weight excluding hydrogens is 244 g/mol. The zero-order valence-electron chi connectivity index (χ0n) is 10.2. The Morgan fingerprint density at radius 2 is 2.37 bits per heavy atom. The fraction of sp³-hybridized carbons (Fsp3) is 0.167. The van der Waals surface area contributed by atoms with Crippen LogP contribution < -0.4 is 16.6 Å². The Morgan fingerprint density at radius 1 is 1.42 bits per heavy atom. The molecule has 4 N–H and O–H groups in total. The smallest absolute Gasteiger partial charge is 0.180 e. The lowest BCUT2D eigenvalue weighted by Gasteiger charge is -2.08. The second kappa shape index (κ2) is 4.99. The molecule has 0 saturated carbocycles. The summed E-state index contributed by atoms with van der Waals surface area (Å²) in [6.45, 7) is 0.705. The first-order valence-electron chi connectivity index (χ1n) is 5.93. The number of aromatic nitrogens is 3. The summed E-state index contributed by atoms with van der Waals surface area (Å²) in [5.41, 5.74) is 3.30. The average Bonchev–Trinajstić information content (AvgIpc) is 3.08. The molecule has 0 aliphatic heterocycles. The molecule has 0 fully saturated rings. The predicted octanol–water partition coefficient (Wildman–Crippen LogP) is 1.26. The second-order valence-corrected chi connectivity index (χ2v) is 4.03. The van der Waals surface area contributed by atoms with Crippen molar-refractivity contribution in [2.45, 2.75) is 6.42 Å². The van der Waals surface area contributed by atoms with Gasteiger partial charge in [-0.05, 0) is 12.1 Å². The van der Waals surface area contributed by atoms with Gasteiger partial charge in [-0.2, -0.15) is 0 Å². The van der Waals surface area contributed by atoms with Gasteiger partial charge < -0.3 is 19.6 Å². The molecule has 0 saturated heterocycles. The van der Waals surface area contributed by atoms with Gasteiger partial charge in [-0.1, -0.05) is 0 Å². The molecule has 0 aliphatic rings. The molecule has 3 rings (SSSR count). The van der Waals surface area contributed by atoms with Crippen LogP contribution in [0.3, 0.4) is 0 Å². The summed E-state index contributed by atoms with van der Waals surface area (Å²) >= 11 is 0. The maximum Gasteiger partial charge on any atom is 0.180 e. The number of hydrogen-bond acceptors (Lipinski definition) is 6. The zero-order chi connectivity index (χ0) is 13.1. The van der Waals surface area contributed by atoms with Crippen LogP contribution in [0.15, 0.2) is 41.4 Å². The van der Waals surface area contributed by atoms with Crippen molar-refractivity contribution >= 4 is 17.3 Å². The lowest BCUT2D eigenvalue weighted by molar-refractivity contribution is 0.513. The van der Waals surface area contributed by atoms with E-state index in [0.29, 0.717) is 18.2 Å². The average molecular weight is 258 g/mol. The molecule has 7 nitrogen and oxygen atoms in total. The van der Waals surface area contributed by atoms with E-state index in [4.69, 9.17) is 10.3 Å². The van der Waals surface area contributed by atoms with Crippen molar-refractivity contribution < 1.29 is 4.42 Å². The summed E-state index contributed by atoms with van der Waals surface area (Å²) < 4.78 is 7.13. The van der Waals surface area contributed by atoms with Crippen LogP contribution in [0.2, 0.25) is 0 Å². The minimum Gasteiger partial charge on any atom is -0.469 e. The fourth-order valence-corrected chi connectivity index (χ4v) is 1.88. The van der Waals surface area contributed by atoms with Gasteiger partial charge in [0, 0.05) is 25.4 Å². The maximum absolute atomic E-state index is 5.40. The minimum atomic E-state index is 0.575. The molecule has 0 radical (unpaired) electrons. The van der Waals surface area contributed by atoms with Crippen LogP contribution >= 0.6 is 0 Å². The summed E-state index contributed by atoms with van der Waals surface area (Å²) in [5.74, 6) is 7.59. The Hall–Kier alpha value is -2.54. The Kier molecular flexibility index (Phi) is 3.03. The highest BCUT2D eigenvalue weighted by Gasteiger charge is 2.06. The van der Waals surface area contributed by atoms with Crippen LogP contribution in [0.25, 0.3) is 5.65 Å². The number of hydrogen-bond donors (Lipinski definition) is 3. The normalized spacial score (nSPS) is 10.8. The molecule has 19 heavy (non-hydrogen) atoms. The highest BCUT2D eigenvalue weighted by atomic mass is 16.3. The van der Waals surface area contributed by atoms with E-state index in [0.717, 1.165) is 17.8 Å². The van der Waals surface area contributed by atoms with Crippen molar-refractivity contribution in [3.8, 4) is 0 Å². The standard InChI is InChI=1S/C12H14N6O/c13-17-10-8-18-6-5-15-12(18)11(16-10)14-4-3-9-2-1-7-19-9/h1-2,5-8,17H,3-4,13H2,(H,14,16). The Labute approximate surface area is 109 Å². The highest BCUT2D eigenvalue weighted by Crippen LogP contribution is 2.15. The first-order valence-corrected chi connectivity index (χ1v) is 5.93. The minimum absolute atomic E-state index is 0.575.